The van der Waals surface area contributed by atoms with Crippen LogP contribution in [0.5, 0.6) is 0 Å². The number of aryl methyl sites for hydroxylation is 1. The summed E-state index contributed by atoms with van der Waals surface area (Å²) in [4.78, 5) is 4.44. The van der Waals surface area contributed by atoms with Crippen LogP contribution in [0.2, 0.25) is 0 Å². The molecule has 0 unspecified atom stereocenters. The van der Waals surface area contributed by atoms with Gasteiger partial charge in [0.1, 0.15) is 5.82 Å². The number of hydrogen-bond donors (Lipinski definition) is 0. The number of allylic oxidation sites excluding steroid dienone is 2. The SMILES string of the molecule is C/C=C\c1nc(C)n(C)c1/C=C\C. The predicted molar refractivity (Wildman–Crippen MR) is 57.4 cm³/mol. The van der Waals surface area contributed by atoms with E-state index in [0.717, 1.165) is 17.2 Å². The summed E-state index contributed by atoms with van der Waals surface area (Å²) in [6.07, 6.45) is 8.15. The lowest BCUT2D eigenvalue weighted by atomic mass is 10.3. The first-order chi connectivity index (χ1) is 6.20. The first-order valence-corrected chi connectivity index (χ1v) is 4.49. The van der Waals surface area contributed by atoms with E-state index in [-0.39, 0.29) is 0 Å². The van der Waals surface area contributed by atoms with Crippen LogP contribution in [-0.4, -0.2) is 9.55 Å². The van der Waals surface area contributed by atoms with Gasteiger partial charge < -0.3 is 4.57 Å². The summed E-state index contributed by atoms with van der Waals surface area (Å²) in [6, 6.07) is 0. The summed E-state index contributed by atoms with van der Waals surface area (Å²) >= 11 is 0. The third-order valence-corrected chi connectivity index (χ3v) is 2.04. The minimum atomic E-state index is 1.04. The molecule has 0 saturated heterocycles. The van der Waals surface area contributed by atoms with Gasteiger partial charge in [-0.1, -0.05) is 12.2 Å². The Balaban J connectivity index is 3.26. The van der Waals surface area contributed by atoms with Crippen molar-refractivity contribution in [1.82, 2.24) is 9.55 Å². The van der Waals surface area contributed by atoms with E-state index in [1.807, 2.05) is 46.0 Å². The van der Waals surface area contributed by atoms with Crippen LogP contribution in [0.1, 0.15) is 31.1 Å². The van der Waals surface area contributed by atoms with Crippen LogP contribution in [0.25, 0.3) is 12.2 Å². The van der Waals surface area contributed by atoms with Gasteiger partial charge in [0.05, 0.1) is 11.4 Å². The van der Waals surface area contributed by atoms with Gasteiger partial charge in [0.25, 0.3) is 0 Å². The number of hydrogen-bond acceptors (Lipinski definition) is 1. The van der Waals surface area contributed by atoms with Crippen molar-refractivity contribution >= 4 is 12.2 Å². The molecule has 1 heterocycles. The molecule has 0 aromatic carbocycles. The first kappa shape index (κ1) is 9.78. The molecule has 0 fully saturated rings. The lowest BCUT2D eigenvalue weighted by Gasteiger charge is -1.97. The van der Waals surface area contributed by atoms with E-state index in [0.29, 0.717) is 0 Å². The summed E-state index contributed by atoms with van der Waals surface area (Å²) in [6.45, 7) is 6.03. The zero-order valence-electron chi connectivity index (χ0n) is 8.70. The molecule has 1 rings (SSSR count). The lowest BCUT2D eigenvalue weighted by molar-refractivity contribution is 0.849. The smallest absolute Gasteiger partial charge is 0.106 e. The molecule has 2 nitrogen and oxygen atoms in total. The van der Waals surface area contributed by atoms with Crippen LogP contribution in [-0.2, 0) is 7.05 Å². The van der Waals surface area contributed by atoms with Gasteiger partial charge in [-0.15, -0.1) is 0 Å². The zero-order valence-corrected chi connectivity index (χ0v) is 8.70. The summed E-state index contributed by atoms with van der Waals surface area (Å²) in [5.41, 5.74) is 2.21. The minimum absolute atomic E-state index is 1.04. The number of nitrogens with zero attached hydrogens (tertiary/aromatic N) is 2. The average Bonchev–Trinajstić information content (AvgIpc) is 2.34. The molecular formula is C11H16N2. The van der Waals surface area contributed by atoms with Crippen LogP contribution in [0.4, 0.5) is 0 Å². The Morgan fingerprint density at radius 2 is 1.77 bits per heavy atom. The Morgan fingerprint density at radius 3 is 2.31 bits per heavy atom. The Morgan fingerprint density at radius 1 is 1.15 bits per heavy atom. The lowest BCUT2D eigenvalue weighted by Crippen LogP contribution is -1.93. The first-order valence-electron chi connectivity index (χ1n) is 4.49. The number of rotatable bonds is 2. The number of imidazole rings is 1. The Kier molecular flexibility index (Phi) is 3.07. The summed E-state index contributed by atoms with van der Waals surface area (Å²) < 4.78 is 2.09. The summed E-state index contributed by atoms with van der Waals surface area (Å²) in [7, 11) is 2.03. The third-order valence-electron chi connectivity index (χ3n) is 2.04. The topological polar surface area (TPSA) is 17.8 Å². The molecule has 0 aliphatic carbocycles. The van der Waals surface area contributed by atoms with Gasteiger partial charge in [-0.2, -0.15) is 0 Å². The molecule has 0 atom stereocenters. The third kappa shape index (κ3) is 1.89. The van der Waals surface area contributed by atoms with Gasteiger partial charge in [-0.3, -0.25) is 0 Å². The molecule has 1 aromatic heterocycles. The molecular weight excluding hydrogens is 160 g/mol. The molecule has 1 aromatic rings. The monoisotopic (exact) mass is 176 g/mol. The molecule has 0 N–H and O–H groups in total. The van der Waals surface area contributed by atoms with Crippen molar-refractivity contribution in [3.8, 4) is 0 Å². The fourth-order valence-corrected chi connectivity index (χ4v) is 1.29. The van der Waals surface area contributed by atoms with E-state index in [2.05, 4.69) is 15.6 Å². The second-order valence-corrected chi connectivity index (χ2v) is 2.99. The maximum Gasteiger partial charge on any atom is 0.106 e. The standard InChI is InChI=1S/C11H16N2/c1-5-7-10-11(8-6-2)13(4)9(3)12-10/h5-8H,1-4H3/b7-5-,8-6-. The molecule has 0 aliphatic heterocycles. The van der Waals surface area contributed by atoms with E-state index in [9.17, 15) is 0 Å². The largest absolute Gasteiger partial charge is 0.331 e. The molecule has 0 bridgehead atoms. The summed E-state index contributed by atoms with van der Waals surface area (Å²) in [5.74, 6) is 1.04. The van der Waals surface area contributed by atoms with Crippen LogP contribution in [0.3, 0.4) is 0 Å². The van der Waals surface area contributed by atoms with Gasteiger partial charge in [0.2, 0.25) is 0 Å². The minimum Gasteiger partial charge on any atom is -0.331 e. The van der Waals surface area contributed by atoms with Crippen LogP contribution in [0, 0.1) is 6.92 Å². The van der Waals surface area contributed by atoms with Crippen LogP contribution < -0.4 is 0 Å². The molecule has 13 heavy (non-hydrogen) atoms. The van der Waals surface area contributed by atoms with Crippen molar-refractivity contribution < 1.29 is 0 Å². The highest BCUT2D eigenvalue weighted by Gasteiger charge is 2.05. The normalized spacial score (nSPS) is 12.0. The van der Waals surface area contributed by atoms with Gasteiger partial charge in [-0.25, -0.2) is 4.98 Å². The molecule has 0 radical (unpaired) electrons. The van der Waals surface area contributed by atoms with Gasteiger partial charge in [0.15, 0.2) is 0 Å². The molecule has 0 aliphatic rings. The highest BCUT2D eigenvalue weighted by atomic mass is 15.1. The van der Waals surface area contributed by atoms with Crippen molar-refractivity contribution in [3.05, 3.63) is 29.4 Å². The molecule has 0 amide bonds. The number of aromatic nitrogens is 2. The van der Waals surface area contributed by atoms with Gasteiger partial charge in [-0.05, 0) is 32.9 Å². The molecule has 2 heteroatoms. The van der Waals surface area contributed by atoms with Gasteiger partial charge >= 0.3 is 0 Å². The Labute approximate surface area is 79.6 Å². The van der Waals surface area contributed by atoms with E-state index in [1.165, 1.54) is 0 Å². The molecule has 70 valence electrons. The second-order valence-electron chi connectivity index (χ2n) is 2.99. The van der Waals surface area contributed by atoms with Crippen molar-refractivity contribution in [2.75, 3.05) is 0 Å². The molecule has 0 saturated carbocycles. The predicted octanol–water partition coefficient (Wildman–Crippen LogP) is 2.79. The average molecular weight is 176 g/mol. The van der Waals surface area contributed by atoms with Crippen molar-refractivity contribution in [2.24, 2.45) is 7.05 Å². The molecule has 0 spiro atoms. The highest BCUT2D eigenvalue weighted by molar-refractivity contribution is 5.60. The zero-order chi connectivity index (χ0) is 9.84. The van der Waals surface area contributed by atoms with E-state index in [4.69, 9.17) is 0 Å². The summed E-state index contributed by atoms with van der Waals surface area (Å²) in [5, 5.41) is 0. The van der Waals surface area contributed by atoms with Gasteiger partial charge in [0, 0.05) is 7.05 Å². The Hall–Kier alpha value is -1.31. The van der Waals surface area contributed by atoms with Crippen molar-refractivity contribution in [2.45, 2.75) is 20.8 Å². The van der Waals surface area contributed by atoms with Crippen molar-refractivity contribution in [3.63, 3.8) is 0 Å². The second kappa shape index (κ2) is 4.08. The van der Waals surface area contributed by atoms with Crippen molar-refractivity contribution in [1.29, 1.82) is 0 Å². The fraction of sp³-hybridized carbons (Fsp3) is 0.364. The van der Waals surface area contributed by atoms with E-state index in [1.54, 1.807) is 0 Å². The van der Waals surface area contributed by atoms with E-state index < -0.39 is 0 Å². The maximum absolute atomic E-state index is 4.44. The fourth-order valence-electron chi connectivity index (χ4n) is 1.29. The Bertz CT molecular complexity index is 343. The highest BCUT2D eigenvalue weighted by Crippen LogP contribution is 2.13. The van der Waals surface area contributed by atoms with Crippen LogP contribution >= 0.6 is 0 Å². The quantitative estimate of drug-likeness (QED) is 0.677. The maximum atomic E-state index is 4.44. The van der Waals surface area contributed by atoms with Crippen LogP contribution in [0.15, 0.2) is 12.2 Å². The van der Waals surface area contributed by atoms with E-state index >= 15 is 0 Å².